The second kappa shape index (κ2) is 6.58. The number of urea groups is 1. The fourth-order valence-electron chi connectivity index (χ4n) is 1.36. The number of hydrogen-bond acceptors (Lipinski definition) is 3. The summed E-state index contributed by atoms with van der Waals surface area (Å²) in [5.41, 5.74) is -0.588. The number of halogens is 1. The number of carbonyl (C=O) groups excluding carboxylic acids is 1. The lowest BCUT2D eigenvalue weighted by molar-refractivity contribution is -0.0133. The molecule has 0 heterocycles. The molecule has 18 heavy (non-hydrogen) atoms. The molecule has 0 unspecified atom stereocenters. The van der Waals surface area contributed by atoms with Crippen LogP contribution in [-0.4, -0.2) is 37.0 Å². The van der Waals surface area contributed by atoms with E-state index < -0.39 is 11.6 Å². The van der Waals surface area contributed by atoms with Gasteiger partial charge in [0.15, 0.2) is 0 Å². The molecule has 0 aromatic heterocycles. The van der Waals surface area contributed by atoms with Gasteiger partial charge in [-0.3, -0.25) is 0 Å². The Morgan fingerprint density at radius 3 is 2.78 bits per heavy atom. The molecule has 1 aromatic carbocycles. The van der Waals surface area contributed by atoms with E-state index >= 15 is 0 Å². The fourth-order valence-corrected chi connectivity index (χ4v) is 1.54. The van der Waals surface area contributed by atoms with Crippen molar-refractivity contribution in [2.75, 3.05) is 25.6 Å². The van der Waals surface area contributed by atoms with Gasteiger partial charge in [-0.05, 0) is 19.1 Å². The van der Waals surface area contributed by atoms with Crippen molar-refractivity contribution in [2.24, 2.45) is 0 Å². The Kier molecular flexibility index (Phi) is 5.40. The van der Waals surface area contributed by atoms with Crippen molar-refractivity contribution in [3.8, 4) is 0 Å². The summed E-state index contributed by atoms with van der Waals surface area (Å²) in [5.74, 6) is 0. The Labute approximate surface area is 111 Å². The number of rotatable bonds is 5. The van der Waals surface area contributed by atoms with Gasteiger partial charge in [0.2, 0.25) is 0 Å². The lowest BCUT2D eigenvalue weighted by Crippen LogP contribution is -2.45. The minimum Gasteiger partial charge on any atom is -0.386 e. The molecular formula is C12H17ClN2O3. The van der Waals surface area contributed by atoms with E-state index in [4.69, 9.17) is 16.3 Å². The average molecular weight is 273 g/mol. The van der Waals surface area contributed by atoms with Crippen molar-refractivity contribution in [1.82, 2.24) is 5.32 Å². The van der Waals surface area contributed by atoms with Crippen LogP contribution in [0.5, 0.6) is 0 Å². The molecule has 0 aliphatic carbocycles. The maximum atomic E-state index is 11.6. The van der Waals surface area contributed by atoms with E-state index in [9.17, 15) is 9.90 Å². The van der Waals surface area contributed by atoms with Gasteiger partial charge in [-0.2, -0.15) is 0 Å². The maximum Gasteiger partial charge on any atom is 0.319 e. The van der Waals surface area contributed by atoms with Gasteiger partial charge in [-0.1, -0.05) is 23.7 Å². The minimum atomic E-state index is -1.10. The minimum absolute atomic E-state index is 0.0805. The predicted octanol–water partition coefficient (Wildman–Crippen LogP) is 1.86. The normalized spacial score (nSPS) is 13.8. The molecule has 1 aromatic rings. The highest BCUT2D eigenvalue weighted by atomic mass is 35.5. The van der Waals surface area contributed by atoms with E-state index in [1.54, 1.807) is 31.2 Å². The van der Waals surface area contributed by atoms with E-state index in [1.807, 2.05) is 0 Å². The summed E-state index contributed by atoms with van der Waals surface area (Å²) in [6, 6.07) is 6.48. The van der Waals surface area contributed by atoms with Crippen molar-refractivity contribution >= 4 is 23.3 Å². The molecule has 3 N–H and O–H groups in total. The van der Waals surface area contributed by atoms with Crippen LogP contribution in [0.2, 0.25) is 5.02 Å². The van der Waals surface area contributed by atoms with Crippen LogP contribution in [0.3, 0.4) is 0 Å². The Hall–Kier alpha value is -1.30. The van der Waals surface area contributed by atoms with E-state index in [-0.39, 0.29) is 13.2 Å². The van der Waals surface area contributed by atoms with Crippen LogP contribution in [-0.2, 0) is 4.74 Å². The molecule has 0 fully saturated rings. The third-order valence-corrected chi connectivity index (χ3v) is 2.54. The maximum absolute atomic E-state index is 11.6. The summed E-state index contributed by atoms with van der Waals surface area (Å²) in [6.07, 6.45) is 0. The third kappa shape index (κ3) is 4.91. The molecule has 100 valence electrons. The predicted molar refractivity (Wildman–Crippen MR) is 71.0 cm³/mol. The third-order valence-electron chi connectivity index (χ3n) is 2.21. The average Bonchev–Trinajstić information content (AvgIpc) is 2.30. The molecule has 2 amide bonds. The number of aliphatic hydroxyl groups is 1. The van der Waals surface area contributed by atoms with E-state index in [0.29, 0.717) is 10.7 Å². The second-order valence-corrected chi connectivity index (χ2v) is 4.62. The van der Waals surface area contributed by atoms with E-state index in [0.717, 1.165) is 0 Å². The topological polar surface area (TPSA) is 70.6 Å². The van der Waals surface area contributed by atoms with Gasteiger partial charge in [0, 0.05) is 7.11 Å². The van der Waals surface area contributed by atoms with Crippen LogP contribution < -0.4 is 10.6 Å². The summed E-state index contributed by atoms with van der Waals surface area (Å²) in [5, 5.41) is 15.4. The zero-order valence-electron chi connectivity index (χ0n) is 10.4. The summed E-state index contributed by atoms with van der Waals surface area (Å²) >= 11 is 5.90. The molecule has 1 atom stereocenters. The van der Waals surface area contributed by atoms with Gasteiger partial charge in [-0.25, -0.2) is 4.79 Å². The number of carbonyl (C=O) groups is 1. The monoisotopic (exact) mass is 272 g/mol. The number of amides is 2. The highest BCUT2D eigenvalue weighted by Gasteiger charge is 2.21. The first-order valence-corrected chi connectivity index (χ1v) is 5.83. The summed E-state index contributed by atoms with van der Waals surface area (Å²) in [6.45, 7) is 1.79. The van der Waals surface area contributed by atoms with Crippen LogP contribution in [0, 0.1) is 0 Å². The zero-order chi connectivity index (χ0) is 13.6. The van der Waals surface area contributed by atoms with Crippen molar-refractivity contribution in [3.63, 3.8) is 0 Å². The Balaban J connectivity index is 2.46. The Morgan fingerprint density at radius 1 is 1.50 bits per heavy atom. The van der Waals surface area contributed by atoms with Gasteiger partial charge >= 0.3 is 6.03 Å². The second-order valence-electron chi connectivity index (χ2n) is 4.22. The smallest absolute Gasteiger partial charge is 0.319 e. The zero-order valence-corrected chi connectivity index (χ0v) is 11.1. The molecule has 0 saturated heterocycles. The number of benzene rings is 1. The number of ether oxygens (including phenoxy) is 1. The molecular weight excluding hydrogens is 256 g/mol. The molecule has 0 spiro atoms. The lowest BCUT2D eigenvalue weighted by atomic mass is 10.1. The standard InChI is InChI=1S/C12H17ClN2O3/c1-12(17,8-18-2)7-14-11(16)15-10-6-4-3-5-9(10)13/h3-6,17H,7-8H2,1-2H3,(H2,14,15,16)/t12-/m1/s1. The number of anilines is 1. The van der Waals surface area contributed by atoms with E-state index in [2.05, 4.69) is 10.6 Å². The lowest BCUT2D eigenvalue weighted by Gasteiger charge is -2.22. The summed E-state index contributed by atoms with van der Waals surface area (Å²) < 4.78 is 4.83. The van der Waals surface area contributed by atoms with Crippen LogP contribution in [0.15, 0.2) is 24.3 Å². The summed E-state index contributed by atoms with van der Waals surface area (Å²) in [4.78, 5) is 11.6. The quantitative estimate of drug-likeness (QED) is 0.766. The van der Waals surface area contributed by atoms with Crippen molar-refractivity contribution in [2.45, 2.75) is 12.5 Å². The highest BCUT2D eigenvalue weighted by molar-refractivity contribution is 6.33. The molecule has 0 aliphatic rings. The number of methoxy groups -OCH3 is 1. The van der Waals surface area contributed by atoms with Crippen molar-refractivity contribution < 1.29 is 14.6 Å². The van der Waals surface area contributed by atoms with Gasteiger partial charge in [0.1, 0.15) is 5.60 Å². The number of para-hydroxylation sites is 1. The molecule has 5 nitrogen and oxygen atoms in total. The van der Waals surface area contributed by atoms with Crippen LogP contribution >= 0.6 is 11.6 Å². The Bertz CT molecular complexity index is 410. The number of hydrogen-bond donors (Lipinski definition) is 3. The summed E-state index contributed by atoms with van der Waals surface area (Å²) in [7, 11) is 1.48. The van der Waals surface area contributed by atoms with Gasteiger partial charge in [0.25, 0.3) is 0 Å². The molecule has 0 radical (unpaired) electrons. The highest BCUT2D eigenvalue weighted by Crippen LogP contribution is 2.20. The fraction of sp³-hybridized carbons (Fsp3) is 0.417. The largest absolute Gasteiger partial charge is 0.386 e. The van der Waals surface area contributed by atoms with E-state index in [1.165, 1.54) is 7.11 Å². The molecule has 0 saturated carbocycles. The SMILES string of the molecule is COC[C@](C)(O)CNC(=O)Nc1ccccc1Cl. The van der Waals surface area contributed by atoms with Crippen LogP contribution in [0.25, 0.3) is 0 Å². The Morgan fingerprint density at radius 2 is 2.17 bits per heavy atom. The van der Waals surface area contributed by atoms with Crippen LogP contribution in [0.4, 0.5) is 10.5 Å². The first-order valence-electron chi connectivity index (χ1n) is 5.45. The van der Waals surface area contributed by atoms with Crippen molar-refractivity contribution in [1.29, 1.82) is 0 Å². The molecule has 0 aliphatic heterocycles. The first-order chi connectivity index (χ1) is 8.44. The number of nitrogens with one attached hydrogen (secondary N) is 2. The molecule has 1 rings (SSSR count). The van der Waals surface area contributed by atoms with Gasteiger partial charge < -0.3 is 20.5 Å². The van der Waals surface area contributed by atoms with Gasteiger partial charge in [0.05, 0.1) is 23.9 Å². The molecule has 6 heteroatoms. The molecule has 0 bridgehead atoms. The van der Waals surface area contributed by atoms with Crippen LogP contribution in [0.1, 0.15) is 6.92 Å². The first kappa shape index (κ1) is 14.8. The van der Waals surface area contributed by atoms with Gasteiger partial charge in [-0.15, -0.1) is 0 Å². The van der Waals surface area contributed by atoms with Crippen molar-refractivity contribution in [3.05, 3.63) is 29.3 Å².